The Labute approximate surface area is 125 Å². The molecule has 0 spiro atoms. The Morgan fingerprint density at radius 1 is 1.37 bits per heavy atom. The molecule has 1 heterocycles. The summed E-state index contributed by atoms with van der Waals surface area (Å²) >= 11 is 9.28. The van der Waals surface area contributed by atoms with Gasteiger partial charge in [-0.25, -0.2) is 0 Å². The second kappa shape index (κ2) is 6.37. The maximum Gasteiger partial charge on any atom is 0.125 e. The summed E-state index contributed by atoms with van der Waals surface area (Å²) in [6, 6.07) is 7.14. The Bertz CT molecular complexity index is 575. The maximum absolute atomic E-state index is 9.71. The summed E-state index contributed by atoms with van der Waals surface area (Å²) in [5, 5.41) is 10.3. The van der Waals surface area contributed by atoms with Gasteiger partial charge in [-0.2, -0.15) is 0 Å². The lowest BCUT2D eigenvalue weighted by molar-refractivity contribution is 0.190. The number of halogens is 2. The van der Waals surface area contributed by atoms with Crippen molar-refractivity contribution < 1.29 is 9.84 Å². The number of rotatable bonds is 4. The minimum atomic E-state index is -0.630. The summed E-state index contributed by atoms with van der Waals surface area (Å²) in [5.41, 5.74) is 1.62. The molecule has 1 aromatic carbocycles. The Morgan fingerprint density at radius 2 is 2.16 bits per heavy atom. The molecule has 0 fully saturated rings. The minimum Gasteiger partial charge on any atom is -0.488 e. The molecule has 3 nitrogen and oxygen atoms in total. The van der Waals surface area contributed by atoms with Gasteiger partial charge in [-0.1, -0.05) is 11.6 Å². The van der Waals surface area contributed by atoms with Crippen LogP contribution in [-0.2, 0) is 6.61 Å². The fourth-order valence-corrected chi connectivity index (χ4v) is 2.27. The van der Waals surface area contributed by atoms with Crippen LogP contribution >= 0.6 is 27.5 Å². The van der Waals surface area contributed by atoms with Gasteiger partial charge in [-0.05, 0) is 47.1 Å². The highest BCUT2D eigenvalue weighted by Gasteiger charge is 2.10. The lowest BCUT2D eigenvalue weighted by Gasteiger charge is -2.13. The summed E-state index contributed by atoms with van der Waals surface area (Å²) in [7, 11) is 0. The van der Waals surface area contributed by atoms with E-state index in [-0.39, 0.29) is 0 Å². The number of aliphatic hydroxyl groups is 1. The second-order valence-corrected chi connectivity index (χ2v) is 5.51. The van der Waals surface area contributed by atoms with Crippen LogP contribution in [0.15, 0.2) is 41.1 Å². The first-order valence-corrected chi connectivity index (χ1v) is 6.93. The van der Waals surface area contributed by atoms with Gasteiger partial charge in [-0.3, -0.25) is 4.98 Å². The van der Waals surface area contributed by atoms with Gasteiger partial charge in [0, 0.05) is 33.0 Å². The summed E-state index contributed by atoms with van der Waals surface area (Å²) in [6.07, 6.45) is 2.82. The summed E-state index contributed by atoms with van der Waals surface area (Å²) in [4.78, 5) is 4.07. The van der Waals surface area contributed by atoms with Gasteiger partial charge in [-0.15, -0.1) is 0 Å². The molecule has 1 atom stereocenters. The topological polar surface area (TPSA) is 42.4 Å². The van der Waals surface area contributed by atoms with Crippen molar-refractivity contribution in [3.63, 3.8) is 0 Å². The monoisotopic (exact) mass is 341 g/mol. The quantitative estimate of drug-likeness (QED) is 0.908. The third-order valence-corrected chi connectivity index (χ3v) is 3.25. The number of ether oxygens (including phenoxy) is 1. The van der Waals surface area contributed by atoms with Crippen LogP contribution in [0.2, 0.25) is 5.02 Å². The largest absolute Gasteiger partial charge is 0.488 e. The number of aliphatic hydroxyl groups excluding tert-OH is 1. The molecule has 5 heteroatoms. The molecule has 19 heavy (non-hydrogen) atoms. The molecule has 100 valence electrons. The number of pyridine rings is 1. The van der Waals surface area contributed by atoms with Gasteiger partial charge in [0.2, 0.25) is 0 Å². The zero-order valence-electron chi connectivity index (χ0n) is 10.3. The fraction of sp³-hybridized carbons (Fsp3) is 0.214. The van der Waals surface area contributed by atoms with Gasteiger partial charge in [0.15, 0.2) is 0 Å². The van der Waals surface area contributed by atoms with Crippen LogP contribution in [0.4, 0.5) is 0 Å². The van der Waals surface area contributed by atoms with Crippen LogP contribution in [0.3, 0.4) is 0 Å². The van der Waals surface area contributed by atoms with Crippen molar-refractivity contribution in [2.45, 2.75) is 19.6 Å². The predicted molar refractivity (Wildman–Crippen MR) is 78.4 cm³/mol. The molecule has 0 aliphatic carbocycles. The number of hydrogen-bond donors (Lipinski definition) is 1. The second-order valence-electron chi connectivity index (χ2n) is 4.16. The lowest BCUT2D eigenvalue weighted by atomic mass is 10.1. The maximum atomic E-state index is 9.71. The fourth-order valence-electron chi connectivity index (χ4n) is 1.67. The van der Waals surface area contributed by atoms with E-state index in [0.29, 0.717) is 22.9 Å². The first-order valence-electron chi connectivity index (χ1n) is 5.76. The first kappa shape index (κ1) is 14.3. The zero-order chi connectivity index (χ0) is 13.8. The SMILES string of the molecule is C[C@H](O)c1cc(Cl)ccc1OCc1cncc(Br)c1. The first-order chi connectivity index (χ1) is 9.06. The molecular weight excluding hydrogens is 330 g/mol. The molecule has 0 saturated heterocycles. The summed E-state index contributed by atoms with van der Waals surface area (Å²) < 4.78 is 6.62. The van der Waals surface area contributed by atoms with Crippen LogP contribution in [0.25, 0.3) is 0 Å². The molecule has 0 aliphatic rings. The molecule has 2 rings (SSSR count). The van der Waals surface area contributed by atoms with E-state index in [1.807, 2.05) is 6.07 Å². The summed E-state index contributed by atoms with van der Waals surface area (Å²) in [6.45, 7) is 2.06. The molecule has 0 radical (unpaired) electrons. The average Bonchev–Trinajstić information content (AvgIpc) is 2.37. The van der Waals surface area contributed by atoms with Crippen LogP contribution in [0.1, 0.15) is 24.2 Å². The Morgan fingerprint density at radius 3 is 2.84 bits per heavy atom. The van der Waals surface area contributed by atoms with Crippen LogP contribution in [-0.4, -0.2) is 10.1 Å². The van der Waals surface area contributed by atoms with Gasteiger partial charge >= 0.3 is 0 Å². The van der Waals surface area contributed by atoms with Crippen molar-refractivity contribution in [1.82, 2.24) is 4.98 Å². The Kier molecular flexibility index (Phi) is 4.80. The van der Waals surface area contributed by atoms with Crippen LogP contribution in [0.5, 0.6) is 5.75 Å². The minimum absolute atomic E-state index is 0.383. The molecule has 0 aliphatic heterocycles. The van der Waals surface area contributed by atoms with E-state index in [4.69, 9.17) is 16.3 Å². The number of hydrogen-bond acceptors (Lipinski definition) is 3. The van der Waals surface area contributed by atoms with Crippen molar-refractivity contribution in [2.75, 3.05) is 0 Å². The van der Waals surface area contributed by atoms with Gasteiger partial charge in [0.25, 0.3) is 0 Å². The molecule has 0 unspecified atom stereocenters. The third-order valence-electron chi connectivity index (χ3n) is 2.58. The van der Waals surface area contributed by atoms with E-state index in [1.54, 1.807) is 37.5 Å². The highest BCUT2D eigenvalue weighted by Crippen LogP contribution is 2.29. The van der Waals surface area contributed by atoms with E-state index in [0.717, 1.165) is 10.0 Å². The van der Waals surface area contributed by atoms with Crippen molar-refractivity contribution >= 4 is 27.5 Å². The predicted octanol–water partition coefficient (Wildman–Crippen LogP) is 4.13. The Balaban J connectivity index is 2.15. The molecule has 2 aromatic rings. The Hall–Kier alpha value is -1.10. The van der Waals surface area contributed by atoms with E-state index >= 15 is 0 Å². The molecule has 0 bridgehead atoms. The highest BCUT2D eigenvalue weighted by molar-refractivity contribution is 9.10. The average molecular weight is 343 g/mol. The van der Waals surface area contributed by atoms with Gasteiger partial charge in [0.1, 0.15) is 12.4 Å². The summed E-state index contributed by atoms with van der Waals surface area (Å²) in [5.74, 6) is 0.624. The third kappa shape index (κ3) is 3.93. The van der Waals surface area contributed by atoms with Crippen molar-refractivity contribution in [1.29, 1.82) is 0 Å². The molecule has 1 aromatic heterocycles. The van der Waals surface area contributed by atoms with E-state index < -0.39 is 6.10 Å². The molecule has 0 amide bonds. The lowest BCUT2D eigenvalue weighted by Crippen LogP contribution is -2.01. The molecule has 0 saturated carbocycles. The van der Waals surface area contributed by atoms with Crippen molar-refractivity contribution in [3.05, 3.63) is 57.3 Å². The van der Waals surface area contributed by atoms with Gasteiger partial charge in [0.05, 0.1) is 6.10 Å². The number of aromatic nitrogens is 1. The number of benzene rings is 1. The normalized spacial score (nSPS) is 12.2. The van der Waals surface area contributed by atoms with E-state index in [1.165, 1.54) is 0 Å². The van der Waals surface area contributed by atoms with E-state index in [2.05, 4.69) is 20.9 Å². The van der Waals surface area contributed by atoms with Crippen molar-refractivity contribution in [3.8, 4) is 5.75 Å². The highest BCUT2D eigenvalue weighted by atomic mass is 79.9. The smallest absolute Gasteiger partial charge is 0.125 e. The van der Waals surface area contributed by atoms with E-state index in [9.17, 15) is 5.11 Å². The number of nitrogens with zero attached hydrogens (tertiary/aromatic N) is 1. The zero-order valence-corrected chi connectivity index (χ0v) is 12.6. The standard InChI is InChI=1S/C14H13BrClNO2/c1-9(18)13-5-12(16)2-3-14(13)19-8-10-4-11(15)7-17-6-10/h2-7,9,18H,8H2,1H3/t9-/m0/s1. The van der Waals surface area contributed by atoms with Crippen molar-refractivity contribution in [2.24, 2.45) is 0 Å². The van der Waals surface area contributed by atoms with Gasteiger partial charge < -0.3 is 9.84 Å². The molecule has 1 N–H and O–H groups in total. The molecular formula is C14H13BrClNO2. The van der Waals surface area contributed by atoms with Crippen LogP contribution in [0, 0.1) is 0 Å². The van der Waals surface area contributed by atoms with Crippen LogP contribution < -0.4 is 4.74 Å².